The molecular formula is C18H26N4O. The monoisotopic (exact) mass is 314 g/mol. The molecule has 23 heavy (non-hydrogen) atoms. The third kappa shape index (κ3) is 3.72. The predicted octanol–water partition coefficient (Wildman–Crippen LogP) is 2.11. The number of amides is 1. The molecule has 0 bridgehead atoms. The van der Waals surface area contributed by atoms with Gasteiger partial charge in [0, 0.05) is 44.0 Å². The fraction of sp³-hybridized carbons (Fsp3) is 0.556. The maximum Gasteiger partial charge on any atom is 0.224 e. The van der Waals surface area contributed by atoms with Gasteiger partial charge in [-0.25, -0.2) is 4.98 Å². The number of aromatic nitrogens is 2. The Morgan fingerprint density at radius 3 is 3.13 bits per heavy atom. The summed E-state index contributed by atoms with van der Waals surface area (Å²) in [4.78, 5) is 19.1. The van der Waals surface area contributed by atoms with E-state index in [0.717, 1.165) is 36.2 Å². The largest absolute Gasteiger partial charge is 0.355 e. The van der Waals surface area contributed by atoms with Gasteiger partial charge in [0.1, 0.15) is 5.65 Å². The first kappa shape index (κ1) is 16.0. The number of hydrogen-bond acceptors (Lipinski definition) is 3. The molecule has 1 aliphatic heterocycles. The van der Waals surface area contributed by atoms with Crippen LogP contribution in [-0.4, -0.2) is 46.0 Å². The van der Waals surface area contributed by atoms with Gasteiger partial charge >= 0.3 is 0 Å². The molecule has 1 saturated heterocycles. The lowest BCUT2D eigenvalue weighted by atomic mass is 10.0. The van der Waals surface area contributed by atoms with Crippen molar-refractivity contribution in [1.29, 1.82) is 0 Å². The molecule has 124 valence electrons. The number of fused-ring (bicyclic) bond motifs is 1. The Hall–Kier alpha value is -1.88. The van der Waals surface area contributed by atoms with Crippen LogP contribution in [0, 0.1) is 0 Å². The van der Waals surface area contributed by atoms with E-state index in [-0.39, 0.29) is 5.91 Å². The van der Waals surface area contributed by atoms with E-state index in [0.29, 0.717) is 12.5 Å². The summed E-state index contributed by atoms with van der Waals surface area (Å²) >= 11 is 0. The topological polar surface area (TPSA) is 50.2 Å². The molecule has 2 aromatic rings. The number of likely N-dealkylation sites (tertiary alicyclic amines) is 1. The standard InChI is InChI=1S/C18H26N4O/c1-14-6-3-4-10-22(14)11-9-19-17(23)12-15-13-21(2)18-16(15)7-5-8-20-18/h5,7-8,13-14H,3-4,6,9-12H2,1-2H3,(H,19,23)/t14-/m0/s1. The van der Waals surface area contributed by atoms with Crippen LogP contribution in [0.25, 0.3) is 11.0 Å². The summed E-state index contributed by atoms with van der Waals surface area (Å²) in [5.41, 5.74) is 1.97. The number of carbonyl (C=O) groups is 1. The summed E-state index contributed by atoms with van der Waals surface area (Å²) in [6, 6.07) is 4.59. The van der Waals surface area contributed by atoms with Gasteiger partial charge < -0.3 is 9.88 Å². The third-order valence-electron chi connectivity index (χ3n) is 4.83. The van der Waals surface area contributed by atoms with Gasteiger partial charge in [-0.1, -0.05) is 6.42 Å². The average molecular weight is 314 g/mol. The first-order valence-corrected chi connectivity index (χ1v) is 8.55. The van der Waals surface area contributed by atoms with Crippen molar-refractivity contribution in [3.63, 3.8) is 0 Å². The summed E-state index contributed by atoms with van der Waals surface area (Å²) in [5.74, 6) is 0.0889. The molecule has 3 rings (SSSR count). The molecule has 5 heteroatoms. The number of aryl methyl sites for hydroxylation is 1. The van der Waals surface area contributed by atoms with E-state index in [9.17, 15) is 4.79 Å². The van der Waals surface area contributed by atoms with Crippen LogP contribution in [-0.2, 0) is 18.3 Å². The van der Waals surface area contributed by atoms with Crippen LogP contribution in [0.1, 0.15) is 31.7 Å². The highest BCUT2D eigenvalue weighted by molar-refractivity contribution is 5.87. The Balaban J connectivity index is 1.53. The van der Waals surface area contributed by atoms with E-state index in [1.54, 1.807) is 6.20 Å². The third-order valence-corrected chi connectivity index (χ3v) is 4.83. The van der Waals surface area contributed by atoms with Gasteiger partial charge in [-0.05, 0) is 44.0 Å². The molecule has 1 aliphatic rings. The Labute approximate surface area is 137 Å². The van der Waals surface area contributed by atoms with Crippen molar-refractivity contribution in [3.8, 4) is 0 Å². The van der Waals surface area contributed by atoms with E-state index in [4.69, 9.17) is 0 Å². The zero-order chi connectivity index (χ0) is 16.2. The predicted molar refractivity (Wildman–Crippen MR) is 92.3 cm³/mol. The van der Waals surface area contributed by atoms with Crippen molar-refractivity contribution in [2.45, 2.75) is 38.6 Å². The van der Waals surface area contributed by atoms with Crippen LogP contribution in [0.5, 0.6) is 0 Å². The van der Waals surface area contributed by atoms with Gasteiger partial charge in [-0.2, -0.15) is 0 Å². The number of nitrogens with zero attached hydrogens (tertiary/aromatic N) is 3. The maximum atomic E-state index is 12.2. The summed E-state index contributed by atoms with van der Waals surface area (Å²) in [7, 11) is 1.97. The first-order valence-electron chi connectivity index (χ1n) is 8.55. The molecule has 1 amide bonds. The van der Waals surface area contributed by atoms with Gasteiger partial charge in [0.05, 0.1) is 6.42 Å². The lowest BCUT2D eigenvalue weighted by Gasteiger charge is -2.33. The lowest BCUT2D eigenvalue weighted by molar-refractivity contribution is -0.120. The highest BCUT2D eigenvalue weighted by Crippen LogP contribution is 2.18. The summed E-state index contributed by atoms with van der Waals surface area (Å²) in [5, 5.41) is 4.13. The molecule has 0 unspecified atom stereocenters. The second-order valence-corrected chi connectivity index (χ2v) is 6.55. The molecular weight excluding hydrogens is 288 g/mol. The average Bonchev–Trinajstić information content (AvgIpc) is 2.86. The summed E-state index contributed by atoms with van der Waals surface area (Å²) < 4.78 is 1.98. The number of pyridine rings is 1. The normalized spacial score (nSPS) is 19.1. The van der Waals surface area contributed by atoms with Gasteiger partial charge in [-0.3, -0.25) is 9.69 Å². The zero-order valence-electron chi connectivity index (χ0n) is 14.1. The number of rotatable bonds is 5. The highest BCUT2D eigenvalue weighted by Gasteiger charge is 2.17. The van der Waals surface area contributed by atoms with Crippen molar-refractivity contribution < 1.29 is 4.79 Å². The fourth-order valence-electron chi connectivity index (χ4n) is 3.50. The van der Waals surface area contributed by atoms with E-state index in [2.05, 4.69) is 22.1 Å². The van der Waals surface area contributed by atoms with E-state index in [1.165, 1.54) is 19.3 Å². The summed E-state index contributed by atoms with van der Waals surface area (Å²) in [6.45, 7) is 5.12. The Bertz CT molecular complexity index is 679. The first-order chi connectivity index (χ1) is 11.1. The van der Waals surface area contributed by atoms with E-state index in [1.807, 2.05) is 29.9 Å². The van der Waals surface area contributed by atoms with E-state index >= 15 is 0 Å². The molecule has 3 heterocycles. The molecule has 0 radical (unpaired) electrons. The van der Waals surface area contributed by atoms with Gasteiger partial charge in [0.15, 0.2) is 0 Å². The highest BCUT2D eigenvalue weighted by atomic mass is 16.1. The Kier molecular flexibility index (Phi) is 4.96. The molecule has 1 atom stereocenters. The SMILES string of the molecule is C[C@H]1CCCCN1CCNC(=O)Cc1cn(C)c2ncccc12. The molecule has 2 aromatic heterocycles. The number of carbonyl (C=O) groups excluding carboxylic acids is 1. The maximum absolute atomic E-state index is 12.2. The van der Waals surface area contributed by atoms with Gasteiger partial charge in [-0.15, -0.1) is 0 Å². The number of nitrogens with one attached hydrogen (secondary N) is 1. The summed E-state index contributed by atoms with van der Waals surface area (Å²) in [6.07, 6.45) is 8.09. The molecule has 1 N–H and O–H groups in total. The van der Waals surface area contributed by atoms with E-state index < -0.39 is 0 Å². The molecule has 0 aromatic carbocycles. The lowest BCUT2D eigenvalue weighted by Crippen LogP contribution is -2.42. The van der Waals surface area contributed by atoms with Crippen LogP contribution in [0.15, 0.2) is 24.5 Å². The minimum atomic E-state index is 0.0889. The van der Waals surface area contributed by atoms with Crippen LogP contribution >= 0.6 is 0 Å². The minimum Gasteiger partial charge on any atom is -0.355 e. The quantitative estimate of drug-likeness (QED) is 0.919. The molecule has 0 spiro atoms. The molecule has 0 aliphatic carbocycles. The van der Waals surface area contributed by atoms with Crippen molar-refractivity contribution in [2.75, 3.05) is 19.6 Å². The molecule has 0 saturated carbocycles. The van der Waals surface area contributed by atoms with Crippen molar-refractivity contribution >= 4 is 16.9 Å². The molecule has 5 nitrogen and oxygen atoms in total. The minimum absolute atomic E-state index is 0.0889. The fourth-order valence-corrected chi connectivity index (χ4v) is 3.50. The molecule has 1 fully saturated rings. The second kappa shape index (κ2) is 7.13. The van der Waals surface area contributed by atoms with Gasteiger partial charge in [0.25, 0.3) is 0 Å². The van der Waals surface area contributed by atoms with Crippen molar-refractivity contribution in [2.24, 2.45) is 7.05 Å². The van der Waals surface area contributed by atoms with Crippen LogP contribution < -0.4 is 5.32 Å². The number of hydrogen-bond donors (Lipinski definition) is 1. The van der Waals surface area contributed by atoms with Crippen LogP contribution in [0.3, 0.4) is 0 Å². The Morgan fingerprint density at radius 2 is 2.30 bits per heavy atom. The Morgan fingerprint density at radius 1 is 1.43 bits per heavy atom. The van der Waals surface area contributed by atoms with Gasteiger partial charge in [0.2, 0.25) is 5.91 Å². The van der Waals surface area contributed by atoms with Crippen molar-refractivity contribution in [1.82, 2.24) is 19.8 Å². The van der Waals surface area contributed by atoms with Crippen molar-refractivity contribution in [3.05, 3.63) is 30.1 Å². The van der Waals surface area contributed by atoms with Crippen LogP contribution in [0.2, 0.25) is 0 Å². The second-order valence-electron chi connectivity index (χ2n) is 6.55. The smallest absolute Gasteiger partial charge is 0.224 e. The zero-order valence-corrected chi connectivity index (χ0v) is 14.1. The van der Waals surface area contributed by atoms with Crippen LogP contribution in [0.4, 0.5) is 0 Å². The number of piperidine rings is 1.